The molecule has 5 nitrogen and oxygen atoms in total. The zero-order valence-corrected chi connectivity index (χ0v) is 12.1. The first kappa shape index (κ1) is 14.6. The molecule has 2 aromatic rings. The van der Waals surface area contributed by atoms with Gasteiger partial charge >= 0.3 is 0 Å². The lowest BCUT2D eigenvalue weighted by molar-refractivity contribution is -0.120. The van der Waals surface area contributed by atoms with Gasteiger partial charge in [0.15, 0.2) is 0 Å². The van der Waals surface area contributed by atoms with Gasteiger partial charge in [0.25, 0.3) is 0 Å². The fourth-order valence-corrected chi connectivity index (χ4v) is 2.61. The molecule has 0 aliphatic carbocycles. The van der Waals surface area contributed by atoms with Crippen LogP contribution >= 0.6 is 0 Å². The van der Waals surface area contributed by atoms with Crippen molar-refractivity contribution in [1.29, 1.82) is 0 Å². The lowest BCUT2D eigenvalue weighted by atomic mass is 10.1. The number of benzene rings is 1. The molecule has 1 fully saturated rings. The van der Waals surface area contributed by atoms with Gasteiger partial charge in [0.2, 0.25) is 5.91 Å². The van der Waals surface area contributed by atoms with Crippen LogP contribution in [0.3, 0.4) is 0 Å². The van der Waals surface area contributed by atoms with Crippen LogP contribution in [-0.4, -0.2) is 30.5 Å². The van der Waals surface area contributed by atoms with Gasteiger partial charge in [-0.1, -0.05) is 0 Å². The quantitative estimate of drug-likeness (QED) is 0.881. The van der Waals surface area contributed by atoms with E-state index in [1.165, 1.54) is 6.07 Å². The predicted molar refractivity (Wildman–Crippen MR) is 79.5 cm³/mol. The van der Waals surface area contributed by atoms with E-state index < -0.39 is 11.6 Å². The minimum absolute atomic E-state index is 0.116. The lowest BCUT2D eigenvalue weighted by Gasteiger charge is -2.30. The summed E-state index contributed by atoms with van der Waals surface area (Å²) in [6, 6.07) is 3.20. The lowest BCUT2D eigenvalue weighted by Crippen LogP contribution is -2.48. The van der Waals surface area contributed by atoms with Crippen LogP contribution < -0.4 is 16.0 Å². The van der Waals surface area contributed by atoms with Crippen LogP contribution in [-0.2, 0) is 4.79 Å². The maximum atomic E-state index is 13.9. The molecule has 1 unspecified atom stereocenters. The van der Waals surface area contributed by atoms with Crippen LogP contribution in [0.1, 0.15) is 18.5 Å². The Morgan fingerprint density at radius 3 is 2.82 bits per heavy atom. The number of anilines is 1. The van der Waals surface area contributed by atoms with Gasteiger partial charge in [0.1, 0.15) is 17.5 Å². The van der Waals surface area contributed by atoms with Crippen LogP contribution in [0.4, 0.5) is 14.6 Å². The molecular weight excluding hydrogens is 290 g/mol. The SMILES string of the molecule is CC(N)c1cc2c(F)cc(F)cc2nc1N1CCNC(=O)C1. The summed E-state index contributed by atoms with van der Waals surface area (Å²) in [5.74, 6) is -0.975. The van der Waals surface area contributed by atoms with Crippen molar-refractivity contribution in [3.63, 3.8) is 0 Å². The molecule has 0 bridgehead atoms. The Morgan fingerprint density at radius 2 is 2.14 bits per heavy atom. The second-order valence-electron chi connectivity index (χ2n) is 5.42. The molecule has 1 aliphatic rings. The molecule has 116 valence electrons. The van der Waals surface area contributed by atoms with Crippen LogP contribution in [0.25, 0.3) is 10.9 Å². The zero-order chi connectivity index (χ0) is 15.9. The van der Waals surface area contributed by atoms with E-state index in [2.05, 4.69) is 10.3 Å². The zero-order valence-electron chi connectivity index (χ0n) is 12.1. The summed E-state index contributed by atoms with van der Waals surface area (Å²) >= 11 is 0. The molecule has 3 N–H and O–H groups in total. The Kier molecular flexibility index (Phi) is 3.66. The average molecular weight is 306 g/mol. The van der Waals surface area contributed by atoms with Gasteiger partial charge < -0.3 is 16.0 Å². The van der Waals surface area contributed by atoms with Crippen molar-refractivity contribution in [3.05, 3.63) is 35.4 Å². The topological polar surface area (TPSA) is 71.2 Å². The first-order valence-electron chi connectivity index (χ1n) is 7.02. The van der Waals surface area contributed by atoms with Crippen molar-refractivity contribution in [2.24, 2.45) is 5.73 Å². The average Bonchev–Trinajstić information content (AvgIpc) is 2.45. The van der Waals surface area contributed by atoms with Crippen LogP contribution in [0.5, 0.6) is 0 Å². The molecule has 1 atom stereocenters. The third-order valence-corrected chi connectivity index (χ3v) is 3.69. The molecule has 0 radical (unpaired) electrons. The predicted octanol–water partition coefficient (Wildman–Crippen LogP) is 1.47. The molecule has 2 heterocycles. The standard InChI is InChI=1S/C15H16F2N4O/c1-8(18)10-6-11-12(17)4-9(16)5-13(11)20-15(10)21-3-2-19-14(22)7-21/h4-6,8H,2-3,7,18H2,1H3,(H,19,22). The number of fused-ring (bicyclic) bond motifs is 1. The number of pyridine rings is 1. The number of aromatic nitrogens is 1. The number of amides is 1. The van der Waals surface area contributed by atoms with E-state index in [-0.39, 0.29) is 29.4 Å². The van der Waals surface area contributed by atoms with Crippen LogP contribution in [0, 0.1) is 11.6 Å². The molecule has 1 saturated heterocycles. The second-order valence-corrected chi connectivity index (χ2v) is 5.42. The van der Waals surface area contributed by atoms with Crippen LogP contribution in [0.2, 0.25) is 0 Å². The minimum Gasteiger partial charge on any atom is -0.353 e. The van der Waals surface area contributed by atoms with Gasteiger partial charge in [-0.15, -0.1) is 0 Å². The van der Waals surface area contributed by atoms with E-state index in [0.29, 0.717) is 24.5 Å². The monoisotopic (exact) mass is 306 g/mol. The number of rotatable bonds is 2. The van der Waals surface area contributed by atoms with E-state index in [1.54, 1.807) is 17.9 Å². The van der Waals surface area contributed by atoms with Crippen molar-refractivity contribution in [2.45, 2.75) is 13.0 Å². The number of piperazine rings is 1. The number of nitrogens with two attached hydrogens (primary N) is 1. The third kappa shape index (κ3) is 2.59. The molecule has 0 saturated carbocycles. The highest BCUT2D eigenvalue weighted by Gasteiger charge is 2.23. The number of hydrogen-bond acceptors (Lipinski definition) is 4. The van der Waals surface area contributed by atoms with Crippen molar-refractivity contribution in [2.75, 3.05) is 24.5 Å². The van der Waals surface area contributed by atoms with Crippen molar-refractivity contribution in [3.8, 4) is 0 Å². The molecule has 3 rings (SSSR count). The highest BCUT2D eigenvalue weighted by molar-refractivity contribution is 5.86. The Balaban J connectivity index is 2.18. The Bertz CT molecular complexity index is 748. The summed E-state index contributed by atoms with van der Waals surface area (Å²) in [5.41, 5.74) is 6.81. The largest absolute Gasteiger partial charge is 0.353 e. The Hall–Kier alpha value is -2.28. The molecular formula is C15H16F2N4O. The molecule has 1 aliphatic heterocycles. The Labute approximate surface area is 126 Å². The summed E-state index contributed by atoms with van der Waals surface area (Å²) in [4.78, 5) is 17.7. The van der Waals surface area contributed by atoms with E-state index in [9.17, 15) is 13.6 Å². The molecule has 1 amide bonds. The maximum absolute atomic E-state index is 13.9. The normalized spacial score (nSPS) is 16.7. The fraction of sp³-hybridized carbons (Fsp3) is 0.333. The van der Waals surface area contributed by atoms with Crippen molar-refractivity contribution < 1.29 is 13.6 Å². The highest BCUT2D eigenvalue weighted by atomic mass is 19.1. The van der Waals surface area contributed by atoms with Gasteiger partial charge in [0.05, 0.1) is 12.1 Å². The Morgan fingerprint density at radius 1 is 1.36 bits per heavy atom. The summed E-state index contributed by atoms with van der Waals surface area (Å²) in [6.45, 7) is 2.98. The highest BCUT2D eigenvalue weighted by Crippen LogP contribution is 2.29. The molecule has 1 aromatic carbocycles. The molecule has 22 heavy (non-hydrogen) atoms. The number of nitrogens with one attached hydrogen (secondary N) is 1. The minimum atomic E-state index is -0.687. The van der Waals surface area contributed by atoms with Gasteiger partial charge in [-0.3, -0.25) is 4.79 Å². The van der Waals surface area contributed by atoms with Gasteiger partial charge in [-0.25, -0.2) is 13.8 Å². The van der Waals surface area contributed by atoms with Gasteiger partial charge in [-0.05, 0) is 13.0 Å². The number of hydrogen-bond donors (Lipinski definition) is 2. The van der Waals surface area contributed by atoms with Gasteiger partial charge in [-0.2, -0.15) is 0 Å². The summed E-state index contributed by atoms with van der Waals surface area (Å²) < 4.78 is 27.3. The van der Waals surface area contributed by atoms with E-state index in [0.717, 1.165) is 6.07 Å². The number of nitrogens with zero attached hydrogens (tertiary/aromatic N) is 2. The molecule has 7 heteroatoms. The maximum Gasteiger partial charge on any atom is 0.239 e. The molecule has 0 spiro atoms. The number of carbonyl (C=O) groups is 1. The van der Waals surface area contributed by atoms with E-state index >= 15 is 0 Å². The summed E-state index contributed by atoms with van der Waals surface area (Å²) in [7, 11) is 0. The van der Waals surface area contributed by atoms with E-state index in [4.69, 9.17) is 5.73 Å². The second kappa shape index (κ2) is 5.49. The first-order valence-corrected chi connectivity index (χ1v) is 7.02. The summed E-state index contributed by atoms with van der Waals surface area (Å²) in [6.07, 6.45) is 0. The summed E-state index contributed by atoms with van der Waals surface area (Å²) in [5, 5.41) is 2.95. The van der Waals surface area contributed by atoms with E-state index in [1.807, 2.05) is 0 Å². The third-order valence-electron chi connectivity index (χ3n) is 3.69. The smallest absolute Gasteiger partial charge is 0.239 e. The van der Waals surface area contributed by atoms with Crippen LogP contribution in [0.15, 0.2) is 18.2 Å². The number of halogens is 2. The molecule has 1 aromatic heterocycles. The van der Waals surface area contributed by atoms with Gasteiger partial charge in [0, 0.05) is 42.2 Å². The fourth-order valence-electron chi connectivity index (χ4n) is 2.61. The first-order chi connectivity index (χ1) is 10.5. The van der Waals surface area contributed by atoms with Crippen molar-refractivity contribution in [1.82, 2.24) is 10.3 Å². The number of carbonyl (C=O) groups excluding carboxylic acids is 1. The van der Waals surface area contributed by atoms with Crippen molar-refractivity contribution >= 4 is 22.6 Å².